The normalized spacial score (nSPS) is 18.3. The summed E-state index contributed by atoms with van der Waals surface area (Å²) in [6, 6.07) is 7.19. The van der Waals surface area contributed by atoms with Crippen molar-refractivity contribution in [1.29, 1.82) is 0 Å². The van der Waals surface area contributed by atoms with Crippen molar-refractivity contribution in [3.05, 3.63) is 40.9 Å². The lowest BCUT2D eigenvalue weighted by atomic mass is 9.97. The van der Waals surface area contributed by atoms with Gasteiger partial charge < -0.3 is 10.2 Å². The molecule has 0 radical (unpaired) electrons. The lowest BCUT2D eigenvalue weighted by Gasteiger charge is -2.20. The summed E-state index contributed by atoms with van der Waals surface area (Å²) in [5.74, 6) is 0.516. The minimum Gasteiger partial charge on any atom is -0.317 e. The SMILES string of the molecule is O=C(Nc1ncc(C2CCNCC2)s1)c1ccc(N2CCCC2=O)cc1. The van der Waals surface area contributed by atoms with Gasteiger partial charge >= 0.3 is 0 Å². The summed E-state index contributed by atoms with van der Waals surface area (Å²) in [6.07, 6.45) is 5.62. The first-order chi connectivity index (χ1) is 12.7. The molecular weight excluding hydrogens is 348 g/mol. The Morgan fingerprint density at radius 1 is 1.23 bits per heavy atom. The number of benzene rings is 1. The molecule has 3 heterocycles. The van der Waals surface area contributed by atoms with E-state index in [0.717, 1.165) is 44.6 Å². The van der Waals surface area contributed by atoms with Gasteiger partial charge in [-0.1, -0.05) is 0 Å². The monoisotopic (exact) mass is 370 g/mol. The number of anilines is 2. The van der Waals surface area contributed by atoms with Crippen molar-refractivity contribution in [3.8, 4) is 0 Å². The number of aromatic nitrogens is 1. The maximum Gasteiger partial charge on any atom is 0.257 e. The van der Waals surface area contributed by atoms with Crippen LogP contribution in [-0.4, -0.2) is 36.4 Å². The number of carbonyl (C=O) groups excluding carboxylic acids is 2. The van der Waals surface area contributed by atoms with Crippen molar-refractivity contribution in [3.63, 3.8) is 0 Å². The molecule has 0 unspecified atom stereocenters. The van der Waals surface area contributed by atoms with E-state index in [0.29, 0.717) is 23.0 Å². The molecule has 2 aliphatic heterocycles. The molecule has 0 bridgehead atoms. The summed E-state index contributed by atoms with van der Waals surface area (Å²) < 4.78 is 0. The molecule has 2 aromatic rings. The highest BCUT2D eigenvalue weighted by molar-refractivity contribution is 7.15. The molecule has 2 amide bonds. The Morgan fingerprint density at radius 3 is 2.69 bits per heavy atom. The molecule has 0 atom stereocenters. The van der Waals surface area contributed by atoms with E-state index in [1.165, 1.54) is 4.88 Å². The lowest BCUT2D eigenvalue weighted by molar-refractivity contribution is -0.117. The van der Waals surface area contributed by atoms with Gasteiger partial charge in [0.1, 0.15) is 0 Å². The lowest BCUT2D eigenvalue weighted by Crippen LogP contribution is -2.26. The first-order valence-corrected chi connectivity index (χ1v) is 9.90. The summed E-state index contributed by atoms with van der Waals surface area (Å²) in [7, 11) is 0. The second-order valence-electron chi connectivity index (χ2n) is 6.74. The van der Waals surface area contributed by atoms with Gasteiger partial charge in [0, 0.05) is 35.3 Å². The molecular formula is C19H22N4O2S. The molecule has 2 N–H and O–H groups in total. The standard InChI is InChI=1S/C19H22N4O2S/c24-17-2-1-11-23(17)15-5-3-14(4-6-15)18(25)22-19-21-12-16(26-19)13-7-9-20-10-8-13/h3-6,12-13,20H,1-2,7-11H2,(H,21,22,25). The van der Waals surface area contributed by atoms with Crippen LogP contribution >= 0.6 is 11.3 Å². The third-order valence-electron chi connectivity index (χ3n) is 5.00. The van der Waals surface area contributed by atoms with E-state index in [4.69, 9.17) is 0 Å². The van der Waals surface area contributed by atoms with Gasteiger partial charge in [-0.3, -0.25) is 14.9 Å². The van der Waals surface area contributed by atoms with E-state index in [1.54, 1.807) is 28.4 Å². The van der Waals surface area contributed by atoms with E-state index in [1.807, 2.05) is 18.3 Å². The molecule has 136 valence electrons. The number of nitrogens with one attached hydrogen (secondary N) is 2. The third-order valence-corrected chi connectivity index (χ3v) is 6.08. The highest BCUT2D eigenvalue weighted by Gasteiger charge is 2.22. The van der Waals surface area contributed by atoms with Gasteiger partial charge in [-0.25, -0.2) is 4.98 Å². The fourth-order valence-corrected chi connectivity index (χ4v) is 4.50. The minimum atomic E-state index is -0.171. The summed E-state index contributed by atoms with van der Waals surface area (Å²) >= 11 is 1.56. The van der Waals surface area contributed by atoms with Crippen molar-refractivity contribution < 1.29 is 9.59 Å². The van der Waals surface area contributed by atoms with Crippen molar-refractivity contribution >= 4 is 34.0 Å². The second kappa shape index (κ2) is 7.55. The predicted octanol–water partition coefficient (Wildman–Crippen LogP) is 2.99. The predicted molar refractivity (Wildman–Crippen MR) is 103 cm³/mol. The summed E-state index contributed by atoms with van der Waals surface area (Å²) in [4.78, 5) is 31.6. The van der Waals surface area contributed by atoms with E-state index in [9.17, 15) is 9.59 Å². The number of carbonyl (C=O) groups is 2. The largest absolute Gasteiger partial charge is 0.317 e. The van der Waals surface area contributed by atoms with Gasteiger partial charge in [0.05, 0.1) is 0 Å². The maximum atomic E-state index is 12.5. The number of thiazole rings is 1. The quantitative estimate of drug-likeness (QED) is 0.868. The van der Waals surface area contributed by atoms with E-state index >= 15 is 0 Å². The summed E-state index contributed by atoms with van der Waals surface area (Å²) in [5.41, 5.74) is 1.42. The van der Waals surface area contributed by atoms with Gasteiger partial charge in [-0.05, 0) is 62.5 Å². The van der Waals surface area contributed by atoms with E-state index in [-0.39, 0.29) is 11.8 Å². The van der Waals surface area contributed by atoms with Crippen molar-refractivity contribution in [1.82, 2.24) is 10.3 Å². The van der Waals surface area contributed by atoms with Crippen molar-refractivity contribution in [2.75, 3.05) is 29.9 Å². The van der Waals surface area contributed by atoms with Gasteiger partial charge in [0.25, 0.3) is 5.91 Å². The van der Waals surface area contributed by atoms with Crippen LogP contribution in [0.15, 0.2) is 30.5 Å². The number of piperidine rings is 1. The molecule has 0 saturated carbocycles. The average molecular weight is 370 g/mol. The van der Waals surface area contributed by atoms with Gasteiger partial charge in [0.15, 0.2) is 5.13 Å². The molecule has 1 aromatic heterocycles. The fourth-order valence-electron chi connectivity index (χ4n) is 3.52. The molecule has 2 fully saturated rings. The zero-order valence-electron chi connectivity index (χ0n) is 14.5. The Hall–Kier alpha value is -2.25. The van der Waals surface area contributed by atoms with Crippen molar-refractivity contribution in [2.45, 2.75) is 31.6 Å². The van der Waals surface area contributed by atoms with Crippen LogP contribution in [-0.2, 0) is 4.79 Å². The highest BCUT2D eigenvalue weighted by Crippen LogP contribution is 2.32. The molecule has 1 aromatic carbocycles. The van der Waals surface area contributed by atoms with Crippen LogP contribution in [0.1, 0.15) is 46.8 Å². The van der Waals surface area contributed by atoms with Crippen LogP contribution in [0.25, 0.3) is 0 Å². The Balaban J connectivity index is 1.40. The van der Waals surface area contributed by atoms with Crippen LogP contribution in [0.5, 0.6) is 0 Å². The minimum absolute atomic E-state index is 0.149. The first kappa shape index (κ1) is 17.2. The van der Waals surface area contributed by atoms with Gasteiger partial charge in [0.2, 0.25) is 5.91 Å². The van der Waals surface area contributed by atoms with E-state index in [2.05, 4.69) is 15.6 Å². The number of amides is 2. The van der Waals surface area contributed by atoms with Crippen LogP contribution < -0.4 is 15.5 Å². The Morgan fingerprint density at radius 2 is 2.00 bits per heavy atom. The summed E-state index contributed by atoms with van der Waals surface area (Å²) in [6.45, 7) is 2.83. The molecule has 7 heteroatoms. The molecule has 0 spiro atoms. The second-order valence-corrected chi connectivity index (χ2v) is 7.80. The van der Waals surface area contributed by atoms with Crippen LogP contribution in [0.2, 0.25) is 0 Å². The Labute approximate surface area is 156 Å². The molecule has 6 nitrogen and oxygen atoms in total. The van der Waals surface area contributed by atoms with Crippen LogP contribution in [0.3, 0.4) is 0 Å². The van der Waals surface area contributed by atoms with Gasteiger partial charge in [-0.2, -0.15) is 0 Å². The fraction of sp³-hybridized carbons (Fsp3) is 0.421. The van der Waals surface area contributed by atoms with Crippen LogP contribution in [0.4, 0.5) is 10.8 Å². The van der Waals surface area contributed by atoms with Crippen molar-refractivity contribution in [2.24, 2.45) is 0 Å². The maximum absolute atomic E-state index is 12.5. The topological polar surface area (TPSA) is 74.3 Å². The first-order valence-electron chi connectivity index (χ1n) is 9.09. The summed E-state index contributed by atoms with van der Waals surface area (Å²) in [5, 5.41) is 6.89. The third kappa shape index (κ3) is 3.64. The number of nitrogens with zero attached hydrogens (tertiary/aromatic N) is 2. The zero-order valence-corrected chi connectivity index (χ0v) is 15.3. The molecule has 0 aliphatic carbocycles. The molecule has 26 heavy (non-hydrogen) atoms. The number of rotatable bonds is 4. The van der Waals surface area contributed by atoms with Crippen LogP contribution in [0, 0.1) is 0 Å². The Kier molecular flexibility index (Phi) is 4.99. The van der Waals surface area contributed by atoms with E-state index < -0.39 is 0 Å². The average Bonchev–Trinajstić information content (AvgIpc) is 3.32. The van der Waals surface area contributed by atoms with Gasteiger partial charge in [-0.15, -0.1) is 11.3 Å². The number of hydrogen-bond donors (Lipinski definition) is 2. The zero-order chi connectivity index (χ0) is 17.9. The smallest absolute Gasteiger partial charge is 0.257 e. The highest BCUT2D eigenvalue weighted by atomic mass is 32.1. The Bertz CT molecular complexity index is 796. The number of hydrogen-bond acceptors (Lipinski definition) is 5. The molecule has 2 aliphatic rings. The molecule has 2 saturated heterocycles. The molecule has 4 rings (SSSR count).